The first kappa shape index (κ1) is 90.4. The van der Waals surface area contributed by atoms with E-state index in [4.69, 9.17) is 61.1 Å². The molecular weight excluding hydrogens is 1470 g/mol. The number of fused-ring (bicyclic) bond motifs is 6. The van der Waals surface area contributed by atoms with Crippen LogP contribution in [0.3, 0.4) is 0 Å². The highest BCUT2D eigenvalue weighted by atomic mass is 16.5. The van der Waals surface area contributed by atoms with Gasteiger partial charge in [0, 0.05) is 56.3 Å². The minimum Gasteiger partial charge on any atom is -0.481 e. The highest BCUT2D eigenvalue weighted by Gasteiger charge is 2.75. The van der Waals surface area contributed by atoms with E-state index in [0.29, 0.717) is 68.7 Å². The van der Waals surface area contributed by atoms with Gasteiger partial charge in [-0.1, -0.05) is 162 Å². The Morgan fingerprint density at radius 2 is 0.940 bits per heavy atom. The van der Waals surface area contributed by atoms with Crippen LogP contribution in [0.2, 0.25) is 0 Å². The molecule has 13 N–H and O–H groups in total. The summed E-state index contributed by atoms with van der Waals surface area (Å²) in [5.74, 6) is 0.285. The minimum atomic E-state index is -0.653. The summed E-state index contributed by atoms with van der Waals surface area (Å²) in [6, 6.07) is 6.64. The Labute approximate surface area is 690 Å². The Bertz CT molecular complexity index is 4380. The molecule has 1 amide bonds. The second-order valence-electron chi connectivity index (χ2n) is 43.0. The van der Waals surface area contributed by atoms with Crippen LogP contribution in [-0.4, -0.2) is 149 Å². The fourth-order valence-corrected chi connectivity index (χ4v) is 26.2. The van der Waals surface area contributed by atoms with Crippen molar-refractivity contribution in [2.75, 3.05) is 46.2 Å². The lowest BCUT2D eigenvalue weighted by molar-refractivity contribution is -0.253. The number of pyridine rings is 2. The van der Waals surface area contributed by atoms with Gasteiger partial charge in [-0.3, -0.25) is 19.4 Å². The van der Waals surface area contributed by atoms with E-state index in [1.165, 1.54) is 11.1 Å². The Balaban J connectivity index is 0.000000224. The number of primary amides is 1. The second-order valence-corrected chi connectivity index (χ2v) is 43.0. The monoisotopic (exact) mass is 1610 g/mol. The average Bonchev–Trinajstić information content (AvgIpc) is 0.707. The molecule has 644 valence electrons. The highest BCUT2D eigenvalue weighted by molar-refractivity contribution is 5.92. The van der Waals surface area contributed by atoms with E-state index in [0.717, 1.165) is 82.6 Å². The first-order valence-electron chi connectivity index (χ1n) is 43.0. The third kappa shape index (κ3) is 13.7. The normalized spacial score (nSPS) is 38.5. The third-order valence-electron chi connectivity index (χ3n) is 35.3. The van der Waals surface area contributed by atoms with Crippen LogP contribution < -0.4 is 23.4 Å². The van der Waals surface area contributed by atoms with E-state index in [1.54, 1.807) is 44.1 Å². The fourth-order valence-electron chi connectivity index (χ4n) is 26.2. The molecule has 6 heterocycles. The third-order valence-corrected chi connectivity index (χ3v) is 35.3. The van der Waals surface area contributed by atoms with Crippen molar-refractivity contribution in [2.24, 2.45) is 141 Å². The molecule has 8 fully saturated rings. The van der Waals surface area contributed by atoms with Gasteiger partial charge in [0.25, 0.3) is 5.91 Å². The number of hydrogen-bond donors (Lipinski definition) is 6. The molecule has 14 rings (SSSR count). The van der Waals surface area contributed by atoms with Gasteiger partial charge in [-0.05, 0) is 213 Å². The zero-order chi connectivity index (χ0) is 83.5. The van der Waals surface area contributed by atoms with Gasteiger partial charge in [-0.15, -0.1) is 0 Å². The predicted octanol–water partition coefficient (Wildman–Crippen LogP) is 15.8. The maximum absolute atomic E-state index is 13.6. The quantitative estimate of drug-likeness (QED) is 0.0375. The van der Waals surface area contributed by atoms with Crippen LogP contribution in [0.25, 0.3) is 22.8 Å². The van der Waals surface area contributed by atoms with Crippen molar-refractivity contribution in [3.8, 4) is 22.8 Å². The molecule has 8 aliphatic carbocycles. The van der Waals surface area contributed by atoms with Crippen molar-refractivity contribution >= 4 is 23.8 Å². The molecule has 4 aromatic rings. The van der Waals surface area contributed by atoms with Crippen LogP contribution in [-0.2, 0) is 33.3 Å². The van der Waals surface area contributed by atoms with E-state index in [2.05, 4.69) is 174 Å². The van der Waals surface area contributed by atoms with Crippen LogP contribution >= 0.6 is 0 Å². The molecule has 0 unspecified atom stereocenters. The lowest BCUT2D eigenvalue weighted by Crippen LogP contribution is -2.69. The van der Waals surface area contributed by atoms with Gasteiger partial charge < -0.3 is 62.7 Å². The summed E-state index contributed by atoms with van der Waals surface area (Å²) in [4.78, 5) is 70.4. The van der Waals surface area contributed by atoms with E-state index in [-0.39, 0.29) is 133 Å². The van der Waals surface area contributed by atoms with Crippen molar-refractivity contribution in [2.45, 2.75) is 272 Å². The number of allylic oxidation sites excluding steroid dienone is 2. The fraction of sp³-hybridized carbons (Fsp3) is 0.761. The van der Waals surface area contributed by atoms with Crippen molar-refractivity contribution in [1.29, 1.82) is 0 Å². The molecule has 4 bridgehead atoms. The topological polar surface area (TPSA) is 387 Å². The molecular formula is C92H144N12O12. The van der Waals surface area contributed by atoms with Crippen LogP contribution in [0.1, 0.15) is 269 Å². The summed E-state index contributed by atoms with van der Waals surface area (Å²) in [5, 5.41) is 32.3. The maximum atomic E-state index is 13.6. The first-order chi connectivity index (χ1) is 53.0. The number of hydrogen-bond acceptors (Lipinski definition) is 18. The maximum Gasteiger partial charge on any atom is 0.356 e. The Kier molecular flexibility index (Phi) is 24.1. The molecule has 24 atom stereocenters. The van der Waals surface area contributed by atoms with Gasteiger partial charge >= 0.3 is 17.9 Å². The number of nitrogens with two attached hydrogens (primary N) is 3. The summed E-state index contributed by atoms with van der Waals surface area (Å²) in [6.45, 7) is 54.3. The molecule has 10 aliphatic rings. The SMILES string of the molecule is CC(C)[C@@H](C)[C@@]1(C)CC[C@]2(C)[C@H]3CC[C@@H]4[C@@]5(COC[C@@]4(C)[C@@H](OC[C@](C)(N)C(C)(C)C)[C@H](n4ncnc4-c4ccnc(C(N)=O)c4)C5)C3=CC[C@@]2(C)[C@@H]1C(=O)O.CCOC(=O)c1cc(-c2ncnn2[C@@H]2C[C@@]34COC[C@](C)([C@@H]3CC[C@H]3C4=CC[C@@]4(C)[C@H](C(=O)O)[C@@](C)([C@H](C)C(C)C)CC[C@]34C)[C@H]2OC[C@](C)(N)C(C)(C)C)ccn1.N.O. The van der Waals surface area contributed by atoms with Crippen molar-refractivity contribution in [3.63, 3.8) is 0 Å². The average molecular weight is 1610 g/mol. The number of esters is 1. The number of nitrogens with zero attached hydrogens (tertiary/aromatic N) is 8. The van der Waals surface area contributed by atoms with Crippen LogP contribution in [0, 0.1) is 124 Å². The number of aromatic nitrogens is 8. The molecule has 0 radical (unpaired) electrons. The Morgan fingerprint density at radius 1 is 0.560 bits per heavy atom. The molecule has 0 spiro atoms. The largest absolute Gasteiger partial charge is 0.481 e. The standard InChI is InChI=1S/C47H71N5O6.C45H68N6O5.H3N.H2O/c1-13-57-40(55)33-22-30(17-21-49-33)38-50-27-51-52(38)34-23-47-26-56-24-43(9,37(34)58-25-46(12,48)41(5,6)7)35(47)15-14-31-32(47)16-18-45(11)36(39(53)54)42(8,29(4)28(2)3)19-20-44(31,45)10;1-26(2)27(3)40(7)17-18-42(9)29-12-13-33-41(8)22-55-24-45(33,30(29)14-16-43(42,10)34(40)38(53)54)21-32(35(41)56-23-44(11,47)39(4,5)6)51-37(49-25-50-51)28-15-19-48-31(20-28)36(46)52;;/h16-17,21-22,27-29,31,34-37H,13-15,18-20,23-26,48H2,1-12H3,(H,53,54);14-15,19-20,25-27,29,32-35H,12-13,16-18,21-24,47H2,1-11H3,(H2,46,52)(H,53,54);1H3;1H2/t29-,31+,34-,35+,36-,37+,42-,43-,44-,45+,46+,47+;27-,29+,32-,33+,34-,35+,40-,41-,42-,43+,44+,45+;;/m11../s1. The van der Waals surface area contributed by atoms with Crippen LogP contribution in [0.5, 0.6) is 0 Å². The van der Waals surface area contributed by atoms with Crippen LogP contribution in [0.4, 0.5) is 0 Å². The Hall–Kier alpha value is -6.38. The number of carbonyl (C=O) groups is 4. The second kappa shape index (κ2) is 30.9. The summed E-state index contributed by atoms with van der Waals surface area (Å²) in [7, 11) is 0. The molecule has 116 heavy (non-hydrogen) atoms. The van der Waals surface area contributed by atoms with Gasteiger partial charge in [0.1, 0.15) is 24.0 Å². The lowest BCUT2D eigenvalue weighted by atomic mass is 9.34. The molecule has 6 saturated carbocycles. The smallest absolute Gasteiger partial charge is 0.356 e. The molecule has 24 heteroatoms. The van der Waals surface area contributed by atoms with Gasteiger partial charge in [-0.25, -0.2) is 29.1 Å². The van der Waals surface area contributed by atoms with Crippen LogP contribution in [0.15, 0.2) is 72.6 Å². The van der Waals surface area contributed by atoms with Gasteiger partial charge in [0.15, 0.2) is 11.6 Å². The van der Waals surface area contributed by atoms with E-state index in [1.807, 2.05) is 21.5 Å². The number of aliphatic carboxylic acids is 2. The van der Waals surface area contributed by atoms with E-state index >= 15 is 0 Å². The number of carboxylic acid groups (broad SMARTS) is 2. The zero-order valence-electron chi connectivity index (χ0n) is 74.4. The predicted molar refractivity (Wildman–Crippen MR) is 448 cm³/mol. The minimum absolute atomic E-state index is 0. The number of carbonyl (C=O) groups excluding carboxylic acids is 2. The van der Waals surface area contributed by atoms with Gasteiger partial charge in [0.05, 0.1) is 82.4 Å². The molecule has 2 saturated heterocycles. The van der Waals surface area contributed by atoms with Crippen molar-refractivity contribution in [1.82, 2.24) is 45.6 Å². The highest BCUT2D eigenvalue weighted by Crippen LogP contribution is 2.78. The molecule has 2 aliphatic heterocycles. The molecule has 4 aromatic heterocycles. The summed E-state index contributed by atoms with van der Waals surface area (Å²) in [6.07, 6.45) is 21.4. The Morgan fingerprint density at radius 3 is 1.29 bits per heavy atom. The number of rotatable bonds is 19. The zero-order valence-corrected chi connectivity index (χ0v) is 74.4. The number of ether oxygens (including phenoxy) is 5. The summed E-state index contributed by atoms with van der Waals surface area (Å²) < 4.78 is 37.4. The van der Waals surface area contributed by atoms with Crippen molar-refractivity contribution < 1.29 is 58.6 Å². The molecule has 0 aromatic carbocycles. The van der Waals surface area contributed by atoms with E-state index < -0.39 is 68.4 Å². The lowest BCUT2D eigenvalue weighted by Gasteiger charge is -2.71. The first-order valence-corrected chi connectivity index (χ1v) is 43.0. The van der Waals surface area contributed by atoms with Gasteiger partial charge in [0.2, 0.25) is 0 Å². The van der Waals surface area contributed by atoms with Gasteiger partial charge in [-0.2, -0.15) is 10.2 Å². The van der Waals surface area contributed by atoms with E-state index in [9.17, 15) is 29.4 Å². The summed E-state index contributed by atoms with van der Waals surface area (Å²) in [5.41, 5.74) is 19.5. The number of amides is 1. The molecule has 24 nitrogen and oxygen atoms in total. The van der Waals surface area contributed by atoms with Crippen molar-refractivity contribution in [3.05, 3.63) is 84.0 Å². The summed E-state index contributed by atoms with van der Waals surface area (Å²) >= 11 is 0. The number of carboxylic acids is 2.